The topological polar surface area (TPSA) is 72.8 Å². The lowest BCUT2D eigenvalue weighted by atomic mass is 10.2. The Hall–Kier alpha value is -2.61. The Morgan fingerprint density at radius 2 is 2.35 bits per heavy atom. The number of carbonyl (C=O) groups excluding carboxylic acids is 1. The summed E-state index contributed by atoms with van der Waals surface area (Å²) in [5.41, 5.74) is 0.761. The maximum atomic E-state index is 12.1. The largest absolute Gasteiger partial charge is 0.348 e. The van der Waals surface area contributed by atoms with Gasteiger partial charge in [0.25, 0.3) is 5.91 Å². The first kappa shape index (κ1) is 10.9. The molecule has 0 atom stereocenters. The Balaban J connectivity index is 2.28. The fourth-order valence-corrected chi connectivity index (χ4v) is 1.45. The van der Waals surface area contributed by atoms with Crippen LogP contribution in [0.25, 0.3) is 0 Å². The summed E-state index contributed by atoms with van der Waals surface area (Å²) in [6, 6.07) is 7.08. The van der Waals surface area contributed by atoms with Crippen LogP contribution < -0.4 is 4.90 Å². The summed E-state index contributed by atoms with van der Waals surface area (Å²) in [5.74, 6) is 0.481. The molecule has 5 nitrogen and oxygen atoms in total. The molecule has 1 amide bonds. The molecule has 0 saturated heterocycles. The number of hydrogen-bond donors (Lipinski definition) is 1. The van der Waals surface area contributed by atoms with Crippen molar-refractivity contribution in [2.24, 2.45) is 0 Å². The minimum Gasteiger partial charge on any atom is -0.348 e. The van der Waals surface area contributed by atoms with Crippen molar-refractivity contribution in [1.82, 2.24) is 9.97 Å². The molecule has 0 spiro atoms. The number of H-pyrrole nitrogens is 1. The van der Waals surface area contributed by atoms with Crippen molar-refractivity contribution in [2.45, 2.75) is 0 Å². The Kier molecular flexibility index (Phi) is 2.88. The van der Waals surface area contributed by atoms with Gasteiger partial charge in [0, 0.05) is 25.6 Å². The molecular weight excluding hydrogens is 216 g/mol. The number of nitrogens with one attached hydrogen (secondary N) is 1. The zero-order valence-corrected chi connectivity index (χ0v) is 9.21. The van der Waals surface area contributed by atoms with Gasteiger partial charge in [-0.25, -0.2) is 0 Å². The summed E-state index contributed by atoms with van der Waals surface area (Å²) in [7, 11) is 1.66. The Labute approximate surface area is 98.3 Å². The second kappa shape index (κ2) is 4.49. The van der Waals surface area contributed by atoms with Crippen LogP contribution in [0, 0.1) is 11.3 Å². The van der Waals surface area contributed by atoms with Crippen molar-refractivity contribution in [3.63, 3.8) is 0 Å². The molecule has 0 saturated carbocycles. The van der Waals surface area contributed by atoms with Crippen LogP contribution in [0.4, 0.5) is 5.82 Å². The molecule has 1 N–H and O–H groups in total. The van der Waals surface area contributed by atoms with Crippen molar-refractivity contribution in [3.05, 3.63) is 47.9 Å². The third-order valence-corrected chi connectivity index (χ3v) is 2.36. The molecule has 0 aliphatic heterocycles. The average molecular weight is 226 g/mol. The molecule has 0 aromatic carbocycles. The van der Waals surface area contributed by atoms with Gasteiger partial charge >= 0.3 is 0 Å². The minimum absolute atomic E-state index is 0.211. The van der Waals surface area contributed by atoms with Crippen molar-refractivity contribution in [3.8, 4) is 6.07 Å². The predicted octanol–water partition coefficient (Wildman–Crippen LogP) is 1.56. The lowest BCUT2D eigenvalue weighted by Gasteiger charge is -2.14. The predicted molar refractivity (Wildman–Crippen MR) is 62.5 cm³/mol. The van der Waals surface area contributed by atoms with Gasteiger partial charge < -0.3 is 4.98 Å². The summed E-state index contributed by atoms with van der Waals surface area (Å²) >= 11 is 0. The van der Waals surface area contributed by atoms with Gasteiger partial charge in [0.05, 0.1) is 11.1 Å². The van der Waals surface area contributed by atoms with Gasteiger partial charge in [-0.2, -0.15) is 5.26 Å². The van der Waals surface area contributed by atoms with Crippen LogP contribution in [0.15, 0.2) is 36.8 Å². The van der Waals surface area contributed by atoms with Gasteiger partial charge in [0.1, 0.15) is 11.9 Å². The molecular formula is C12H10N4O. The van der Waals surface area contributed by atoms with Crippen LogP contribution >= 0.6 is 0 Å². The van der Waals surface area contributed by atoms with Crippen molar-refractivity contribution in [1.29, 1.82) is 5.26 Å². The monoisotopic (exact) mass is 226 g/mol. The van der Waals surface area contributed by atoms with Crippen molar-refractivity contribution >= 4 is 11.7 Å². The standard InChI is InChI=1S/C12H10N4O/c1-16(11-3-2-4-15-11)12(17)10-5-9(6-13)7-14-8-10/h2-5,7-8,15H,1H3. The number of rotatable bonds is 2. The first-order chi connectivity index (χ1) is 8.22. The molecule has 2 aromatic rings. The number of aromatic amines is 1. The second-order valence-electron chi connectivity index (χ2n) is 3.49. The van der Waals surface area contributed by atoms with E-state index in [1.165, 1.54) is 23.4 Å². The first-order valence-electron chi connectivity index (χ1n) is 4.99. The number of amides is 1. The smallest absolute Gasteiger partial charge is 0.260 e. The van der Waals surface area contributed by atoms with Crippen LogP contribution in [0.5, 0.6) is 0 Å². The summed E-state index contributed by atoms with van der Waals surface area (Å²) in [6.45, 7) is 0. The van der Waals surface area contributed by atoms with E-state index in [2.05, 4.69) is 9.97 Å². The van der Waals surface area contributed by atoms with Crippen molar-refractivity contribution < 1.29 is 4.79 Å². The zero-order valence-electron chi connectivity index (χ0n) is 9.21. The molecule has 0 bridgehead atoms. The maximum Gasteiger partial charge on any atom is 0.260 e. The van der Waals surface area contributed by atoms with Gasteiger partial charge in [-0.15, -0.1) is 0 Å². The highest BCUT2D eigenvalue weighted by atomic mass is 16.2. The van der Waals surface area contributed by atoms with Crippen LogP contribution in [-0.2, 0) is 0 Å². The maximum absolute atomic E-state index is 12.1. The molecule has 84 valence electrons. The third kappa shape index (κ3) is 2.16. The molecule has 0 aliphatic rings. The van der Waals surface area contributed by atoms with E-state index >= 15 is 0 Å². The number of nitrogens with zero attached hydrogens (tertiary/aromatic N) is 3. The van der Waals surface area contributed by atoms with Gasteiger partial charge in [-0.1, -0.05) is 0 Å². The Morgan fingerprint density at radius 1 is 1.53 bits per heavy atom. The molecule has 2 rings (SSSR count). The SMILES string of the molecule is CN(C(=O)c1cncc(C#N)c1)c1ccc[nH]1. The fraction of sp³-hybridized carbons (Fsp3) is 0.0833. The van der Waals surface area contributed by atoms with E-state index in [0.717, 1.165) is 0 Å². The molecule has 0 aliphatic carbocycles. The first-order valence-corrected chi connectivity index (χ1v) is 4.99. The Morgan fingerprint density at radius 3 is 3.00 bits per heavy atom. The third-order valence-electron chi connectivity index (χ3n) is 2.36. The van der Waals surface area contributed by atoms with Crippen LogP contribution in [-0.4, -0.2) is 22.9 Å². The summed E-state index contributed by atoms with van der Waals surface area (Å²) in [4.78, 5) is 20.3. The van der Waals surface area contributed by atoms with Crippen LogP contribution in [0.1, 0.15) is 15.9 Å². The lowest BCUT2D eigenvalue weighted by molar-refractivity contribution is 0.0992. The number of hydrogen-bond acceptors (Lipinski definition) is 3. The quantitative estimate of drug-likeness (QED) is 0.844. The van der Waals surface area contributed by atoms with E-state index < -0.39 is 0 Å². The van der Waals surface area contributed by atoms with E-state index in [1.54, 1.807) is 19.3 Å². The van der Waals surface area contributed by atoms with E-state index in [4.69, 9.17) is 5.26 Å². The summed E-state index contributed by atoms with van der Waals surface area (Å²) in [6.07, 6.45) is 4.61. The van der Waals surface area contributed by atoms with Gasteiger partial charge in [0.2, 0.25) is 0 Å². The number of carbonyl (C=O) groups is 1. The molecule has 0 unspecified atom stereocenters. The Bertz CT molecular complexity index is 568. The lowest BCUT2D eigenvalue weighted by Crippen LogP contribution is -2.26. The van der Waals surface area contributed by atoms with Gasteiger partial charge in [0.15, 0.2) is 0 Å². The number of nitriles is 1. The van der Waals surface area contributed by atoms with Gasteiger partial charge in [-0.05, 0) is 18.2 Å². The summed E-state index contributed by atoms with van der Waals surface area (Å²) < 4.78 is 0. The van der Waals surface area contributed by atoms with E-state index in [-0.39, 0.29) is 5.91 Å². The second-order valence-corrected chi connectivity index (χ2v) is 3.49. The average Bonchev–Trinajstić information content (AvgIpc) is 2.91. The van der Waals surface area contributed by atoms with E-state index in [0.29, 0.717) is 16.9 Å². The van der Waals surface area contributed by atoms with Crippen LogP contribution in [0.2, 0.25) is 0 Å². The number of anilines is 1. The van der Waals surface area contributed by atoms with Gasteiger partial charge in [-0.3, -0.25) is 14.7 Å². The summed E-state index contributed by atoms with van der Waals surface area (Å²) in [5, 5.41) is 8.75. The molecule has 0 fully saturated rings. The van der Waals surface area contributed by atoms with Crippen LogP contribution in [0.3, 0.4) is 0 Å². The molecule has 2 aromatic heterocycles. The van der Waals surface area contributed by atoms with E-state index in [1.807, 2.05) is 12.1 Å². The highest BCUT2D eigenvalue weighted by molar-refractivity contribution is 6.05. The zero-order chi connectivity index (χ0) is 12.3. The highest BCUT2D eigenvalue weighted by Gasteiger charge is 2.14. The normalized spacial score (nSPS) is 9.65. The molecule has 2 heterocycles. The highest BCUT2D eigenvalue weighted by Crippen LogP contribution is 2.12. The van der Waals surface area contributed by atoms with Crippen molar-refractivity contribution in [2.75, 3.05) is 11.9 Å². The number of pyridine rings is 1. The fourth-order valence-electron chi connectivity index (χ4n) is 1.45. The number of aromatic nitrogens is 2. The molecule has 17 heavy (non-hydrogen) atoms. The minimum atomic E-state index is -0.211. The molecule has 0 radical (unpaired) electrons. The van der Waals surface area contributed by atoms with E-state index in [9.17, 15) is 4.79 Å². The molecule has 5 heteroatoms.